The topological polar surface area (TPSA) is 46.9 Å². The molecular formula is C8H11N3O. The highest BCUT2D eigenvalue weighted by Crippen LogP contribution is 2.14. The Morgan fingerprint density at radius 2 is 2.42 bits per heavy atom. The minimum Gasteiger partial charge on any atom is -0.315 e. The molecule has 0 unspecified atom stereocenters. The zero-order valence-electron chi connectivity index (χ0n) is 6.95. The number of hydrogen-bond donors (Lipinski definition) is 1. The highest BCUT2D eigenvalue weighted by molar-refractivity contribution is 5.15. The first kappa shape index (κ1) is 7.49. The third-order valence-corrected chi connectivity index (χ3v) is 2.24. The molecule has 1 aromatic heterocycles. The van der Waals surface area contributed by atoms with Crippen molar-refractivity contribution in [3.05, 3.63) is 28.4 Å². The van der Waals surface area contributed by atoms with E-state index in [4.69, 9.17) is 0 Å². The summed E-state index contributed by atoms with van der Waals surface area (Å²) in [7, 11) is 1.73. The van der Waals surface area contributed by atoms with E-state index in [0.717, 1.165) is 18.7 Å². The summed E-state index contributed by atoms with van der Waals surface area (Å²) in [6.07, 6.45) is 3.21. The number of nitrogens with zero attached hydrogens (tertiary/aromatic N) is 2. The highest BCUT2D eigenvalue weighted by atomic mass is 16.1. The van der Waals surface area contributed by atoms with Crippen molar-refractivity contribution in [2.75, 3.05) is 13.1 Å². The lowest BCUT2D eigenvalue weighted by Crippen LogP contribution is -2.43. The number of hydrogen-bond acceptors (Lipinski definition) is 3. The van der Waals surface area contributed by atoms with E-state index in [1.807, 2.05) is 0 Å². The van der Waals surface area contributed by atoms with E-state index in [0.29, 0.717) is 5.92 Å². The summed E-state index contributed by atoms with van der Waals surface area (Å²) < 4.78 is 1.52. The Morgan fingerprint density at radius 1 is 1.67 bits per heavy atom. The van der Waals surface area contributed by atoms with Gasteiger partial charge in [0.25, 0.3) is 5.56 Å². The van der Waals surface area contributed by atoms with Gasteiger partial charge in [-0.1, -0.05) is 0 Å². The fourth-order valence-corrected chi connectivity index (χ4v) is 1.31. The molecule has 1 N–H and O–H groups in total. The predicted octanol–water partition coefficient (Wildman–Crippen LogP) is -0.533. The molecule has 1 aromatic rings. The molecule has 2 rings (SSSR count). The first-order chi connectivity index (χ1) is 5.79. The summed E-state index contributed by atoms with van der Waals surface area (Å²) in [5.41, 5.74) is 0.912. The molecule has 0 aromatic carbocycles. The van der Waals surface area contributed by atoms with Crippen molar-refractivity contribution >= 4 is 0 Å². The van der Waals surface area contributed by atoms with Crippen molar-refractivity contribution < 1.29 is 0 Å². The van der Waals surface area contributed by atoms with Gasteiger partial charge in [-0.2, -0.15) is 0 Å². The molecule has 0 amide bonds. The lowest BCUT2D eigenvalue weighted by atomic mass is 9.96. The van der Waals surface area contributed by atoms with Crippen LogP contribution in [-0.2, 0) is 7.05 Å². The lowest BCUT2D eigenvalue weighted by Gasteiger charge is -2.26. The Hall–Kier alpha value is -1.16. The second-order valence-corrected chi connectivity index (χ2v) is 3.12. The highest BCUT2D eigenvalue weighted by Gasteiger charge is 2.21. The van der Waals surface area contributed by atoms with Gasteiger partial charge in [0.2, 0.25) is 0 Å². The van der Waals surface area contributed by atoms with Crippen molar-refractivity contribution in [1.82, 2.24) is 14.9 Å². The summed E-state index contributed by atoms with van der Waals surface area (Å²) in [6.45, 7) is 1.81. The van der Waals surface area contributed by atoms with Crippen LogP contribution >= 0.6 is 0 Å². The summed E-state index contributed by atoms with van der Waals surface area (Å²) in [5, 5.41) is 3.13. The Kier molecular flexibility index (Phi) is 1.69. The van der Waals surface area contributed by atoms with E-state index in [1.54, 1.807) is 13.2 Å². The van der Waals surface area contributed by atoms with Gasteiger partial charge in [0.1, 0.15) is 0 Å². The van der Waals surface area contributed by atoms with Crippen LogP contribution in [0.15, 0.2) is 17.3 Å². The number of aryl methyl sites for hydroxylation is 1. The van der Waals surface area contributed by atoms with Crippen molar-refractivity contribution in [2.45, 2.75) is 5.92 Å². The molecule has 1 saturated heterocycles. The lowest BCUT2D eigenvalue weighted by molar-refractivity contribution is 0.441. The third-order valence-electron chi connectivity index (χ3n) is 2.24. The van der Waals surface area contributed by atoms with Crippen LogP contribution in [0.3, 0.4) is 0 Å². The van der Waals surface area contributed by atoms with E-state index >= 15 is 0 Å². The van der Waals surface area contributed by atoms with Gasteiger partial charge in [-0.3, -0.25) is 4.79 Å². The molecule has 12 heavy (non-hydrogen) atoms. The van der Waals surface area contributed by atoms with Crippen molar-refractivity contribution in [3.63, 3.8) is 0 Å². The van der Waals surface area contributed by atoms with Gasteiger partial charge >= 0.3 is 0 Å². The normalized spacial score (nSPS) is 17.4. The van der Waals surface area contributed by atoms with Crippen LogP contribution in [0.4, 0.5) is 0 Å². The van der Waals surface area contributed by atoms with Crippen molar-refractivity contribution in [1.29, 1.82) is 0 Å². The largest absolute Gasteiger partial charge is 0.315 e. The molecule has 1 aliphatic heterocycles. The Balaban J connectivity index is 2.43. The summed E-state index contributed by atoms with van der Waals surface area (Å²) in [5.74, 6) is 0.373. The monoisotopic (exact) mass is 165 g/mol. The molecule has 0 saturated carbocycles. The maximum absolute atomic E-state index is 11.5. The van der Waals surface area contributed by atoms with Crippen LogP contribution in [-0.4, -0.2) is 22.6 Å². The Morgan fingerprint density at radius 3 is 3.00 bits per heavy atom. The van der Waals surface area contributed by atoms with Gasteiger partial charge in [-0.15, -0.1) is 0 Å². The van der Waals surface area contributed by atoms with Gasteiger partial charge < -0.3 is 9.88 Å². The smallest absolute Gasteiger partial charge is 0.256 e. The zero-order chi connectivity index (χ0) is 8.55. The second kappa shape index (κ2) is 2.71. The number of aromatic nitrogens is 2. The fourth-order valence-electron chi connectivity index (χ4n) is 1.31. The maximum atomic E-state index is 11.5. The summed E-state index contributed by atoms with van der Waals surface area (Å²) in [4.78, 5) is 15.5. The van der Waals surface area contributed by atoms with Crippen molar-refractivity contribution in [3.8, 4) is 0 Å². The second-order valence-electron chi connectivity index (χ2n) is 3.12. The van der Waals surface area contributed by atoms with E-state index in [9.17, 15) is 4.79 Å². The molecule has 0 bridgehead atoms. The van der Waals surface area contributed by atoms with Gasteiger partial charge in [-0.25, -0.2) is 4.98 Å². The molecule has 0 spiro atoms. The van der Waals surface area contributed by atoms with Crippen LogP contribution in [0.2, 0.25) is 0 Å². The Labute approximate surface area is 70.2 Å². The first-order valence-electron chi connectivity index (χ1n) is 4.00. The molecule has 0 aliphatic carbocycles. The maximum Gasteiger partial charge on any atom is 0.256 e. The molecular weight excluding hydrogens is 154 g/mol. The van der Waals surface area contributed by atoms with Gasteiger partial charge in [0.05, 0.1) is 6.33 Å². The number of rotatable bonds is 1. The van der Waals surface area contributed by atoms with E-state index in [-0.39, 0.29) is 5.56 Å². The van der Waals surface area contributed by atoms with E-state index in [2.05, 4.69) is 10.3 Å². The third kappa shape index (κ3) is 1.04. The molecule has 1 fully saturated rings. The minimum absolute atomic E-state index is 0.0801. The van der Waals surface area contributed by atoms with Crippen LogP contribution in [0, 0.1) is 0 Å². The zero-order valence-corrected chi connectivity index (χ0v) is 6.95. The summed E-state index contributed by atoms with van der Waals surface area (Å²) >= 11 is 0. The molecule has 4 nitrogen and oxygen atoms in total. The first-order valence-corrected chi connectivity index (χ1v) is 4.00. The SMILES string of the molecule is Cn1cncc(C2CNC2)c1=O. The van der Waals surface area contributed by atoms with Crippen LogP contribution in [0.25, 0.3) is 0 Å². The predicted molar refractivity (Wildman–Crippen MR) is 45.1 cm³/mol. The van der Waals surface area contributed by atoms with Gasteiger partial charge in [0.15, 0.2) is 0 Å². The molecule has 1 aliphatic rings. The quantitative estimate of drug-likeness (QED) is 0.608. The van der Waals surface area contributed by atoms with Crippen LogP contribution in [0.5, 0.6) is 0 Å². The fraction of sp³-hybridized carbons (Fsp3) is 0.500. The van der Waals surface area contributed by atoms with Crippen LogP contribution in [0.1, 0.15) is 11.5 Å². The molecule has 4 heteroatoms. The average Bonchev–Trinajstić information content (AvgIpc) is 1.95. The average molecular weight is 165 g/mol. The van der Waals surface area contributed by atoms with Gasteiger partial charge in [0, 0.05) is 37.8 Å². The van der Waals surface area contributed by atoms with Crippen molar-refractivity contribution in [2.24, 2.45) is 7.05 Å². The van der Waals surface area contributed by atoms with Gasteiger partial charge in [-0.05, 0) is 0 Å². The van der Waals surface area contributed by atoms with E-state index in [1.165, 1.54) is 10.9 Å². The van der Waals surface area contributed by atoms with E-state index < -0.39 is 0 Å². The summed E-state index contributed by atoms with van der Waals surface area (Å²) in [6, 6.07) is 0. The molecule has 64 valence electrons. The van der Waals surface area contributed by atoms with Crippen LogP contribution < -0.4 is 10.9 Å². The molecule has 0 atom stereocenters. The minimum atomic E-state index is 0.0801. The molecule has 2 heterocycles. The number of nitrogens with one attached hydrogen (secondary N) is 1. The molecule has 0 radical (unpaired) electrons. The standard InChI is InChI=1S/C8H11N3O/c1-11-5-10-4-7(8(11)12)6-2-9-3-6/h4-6,9H,2-3H2,1H3. The Bertz CT molecular complexity index is 340.